The number of carbonyl (C=O) groups is 1. The number of halogens is 1. The Morgan fingerprint density at radius 3 is 2.79 bits per heavy atom. The van der Waals surface area contributed by atoms with E-state index in [9.17, 15) is 4.79 Å². The van der Waals surface area contributed by atoms with Crippen LogP contribution in [-0.2, 0) is 4.79 Å². The third kappa shape index (κ3) is 5.61. The molecule has 0 spiro atoms. The van der Waals surface area contributed by atoms with Crippen molar-refractivity contribution in [2.45, 2.75) is 39.0 Å². The third-order valence-corrected chi connectivity index (χ3v) is 3.30. The molecule has 0 aliphatic heterocycles. The van der Waals surface area contributed by atoms with Gasteiger partial charge in [0.25, 0.3) is 0 Å². The molecule has 0 saturated carbocycles. The lowest BCUT2D eigenvalue weighted by atomic mass is 10.0. The van der Waals surface area contributed by atoms with Crippen molar-refractivity contribution in [3.8, 4) is 5.75 Å². The number of ether oxygens (including phenoxy) is 1. The van der Waals surface area contributed by atoms with E-state index < -0.39 is 0 Å². The second-order valence-electron chi connectivity index (χ2n) is 4.71. The number of hydrogen-bond donors (Lipinski definition) is 2. The van der Waals surface area contributed by atoms with Crippen LogP contribution in [0.5, 0.6) is 5.75 Å². The van der Waals surface area contributed by atoms with Gasteiger partial charge in [-0.15, -0.1) is 0 Å². The zero-order valence-electron chi connectivity index (χ0n) is 11.4. The molecule has 0 aliphatic carbocycles. The minimum Gasteiger partial charge on any atom is -0.493 e. The number of amides is 1. The first-order chi connectivity index (χ1) is 9.04. The van der Waals surface area contributed by atoms with Crippen LogP contribution in [0.15, 0.2) is 22.7 Å². The van der Waals surface area contributed by atoms with E-state index in [1.54, 1.807) is 0 Å². The lowest BCUT2D eigenvalue weighted by Crippen LogP contribution is -2.29. The number of rotatable bonds is 7. The van der Waals surface area contributed by atoms with Gasteiger partial charge in [-0.25, -0.2) is 5.84 Å². The summed E-state index contributed by atoms with van der Waals surface area (Å²) in [4.78, 5) is 10.9. The molecule has 1 rings (SSSR count). The Bertz CT molecular complexity index is 422. The van der Waals surface area contributed by atoms with Crippen molar-refractivity contribution in [2.75, 3.05) is 6.61 Å². The number of unbranched alkanes of at least 4 members (excludes halogenated alkanes) is 1. The molecule has 0 heterocycles. The lowest BCUT2D eigenvalue weighted by molar-refractivity contribution is -0.121. The van der Waals surface area contributed by atoms with E-state index in [-0.39, 0.29) is 5.91 Å². The van der Waals surface area contributed by atoms with Crippen LogP contribution in [0, 0.1) is 0 Å². The highest BCUT2D eigenvalue weighted by molar-refractivity contribution is 9.10. The summed E-state index contributed by atoms with van der Waals surface area (Å²) in [5.74, 6) is 6.21. The fourth-order valence-corrected chi connectivity index (χ4v) is 2.12. The average Bonchev–Trinajstić information content (AvgIpc) is 2.39. The SMILES string of the molecule is CC(C)c1cc(Br)ccc1OCCCCC(=O)NN. The summed E-state index contributed by atoms with van der Waals surface area (Å²) in [7, 11) is 0. The fourth-order valence-electron chi connectivity index (χ4n) is 1.74. The first-order valence-electron chi connectivity index (χ1n) is 6.46. The normalized spacial score (nSPS) is 10.6. The van der Waals surface area contributed by atoms with Crippen molar-refractivity contribution in [2.24, 2.45) is 5.84 Å². The Kier molecular flexibility index (Phi) is 6.87. The molecule has 0 unspecified atom stereocenters. The topological polar surface area (TPSA) is 64.3 Å². The maximum atomic E-state index is 10.9. The number of carbonyl (C=O) groups excluding carboxylic acids is 1. The van der Waals surface area contributed by atoms with Crippen molar-refractivity contribution in [1.29, 1.82) is 0 Å². The molecular weight excluding hydrogens is 308 g/mol. The minimum atomic E-state index is -0.133. The van der Waals surface area contributed by atoms with Crippen LogP contribution in [0.2, 0.25) is 0 Å². The van der Waals surface area contributed by atoms with Crippen LogP contribution in [0.25, 0.3) is 0 Å². The predicted octanol–water partition coefficient (Wildman–Crippen LogP) is 3.11. The molecule has 4 nitrogen and oxygen atoms in total. The van der Waals surface area contributed by atoms with Crippen LogP contribution in [0.3, 0.4) is 0 Å². The highest BCUT2D eigenvalue weighted by Crippen LogP contribution is 2.29. The number of nitrogens with two attached hydrogens (primary N) is 1. The summed E-state index contributed by atoms with van der Waals surface area (Å²) in [6.07, 6.45) is 2.05. The molecule has 0 radical (unpaired) electrons. The number of nitrogens with one attached hydrogen (secondary N) is 1. The Morgan fingerprint density at radius 1 is 1.42 bits per heavy atom. The van der Waals surface area contributed by atoms with Gasteiger partial charge in [-0.3, -0.25) is 10.2 Å². The molecule has 1 amide bonds. The number of hydrazine groups is 1. The zero-order valence-corrected chi connectivity index (χ0v) is 13.0. The molecule has 0 bridgehead atoms. The zero-order chi connectivity index (χ0) is 14.3. The highest BCUT2D eigenvalue weighted by atomic mass is 79.9. The molecule has 5 heteroatoms. The summed E-state index contributed by atoms with van der Waals surface area (Å²) in [6, 6.07) is 6.04. The highest BCUT2D eigenvalue weighted by Gasteiger charge is 2.08. The summed E-state index contributed by atoms with van der Waals surface area (Å²) >= 11 is 3.47. The second kappa shape index (κ2) is 8.17. The Hall–Kier alpha value is -1.07. The monoisotopic (exact) mass is 328 g/mol. The van der Waals surface area contributed by atoms with Crippen molar-refractivity contribution in [3.63, 3.8) is 0 Å². The molecule has 1 aromatic rings. The van der Waals surface area contributed by atoms with Crippen LogP contribution < -0.4 is 16.0 Å². The molecule has 0 aliphatic rings. The largest absolute Gasteiger partial charge is 0.493 e. The molecule has 106 valence electrons. The molecule has 0 atom stereocenters. The molecule has 0 aromatic heterocycles. The quantitative estimate of drug-likeness (QED) is 0.350. The maximum absolute atomic E-state index is 10.9. The first-order valence-corrected chi connectivity index (χ1v) is 7.25. The van der Waals surface area contributed by atoms with E-state index in [1.807, 2.05) is 12.1 Å². The van der Waals surface area contributed by atoms with Gasteiger partial charge in [0.1, 0.15) is 5.75 Å². The van der Waals surface area contributed by atoms with E-state index in [2.05, 4.69) is 41.3 Å². The van der Waals surface area contributed by atoms with Crippen molar-refractivity contribution < 1.29 is 9.53 Å². The van der Waals surface area contributed by atoms with Crippen LogP contribution >= 0.6 is 15.9 Å². The Balaban J connectivity index is 2.43. The van der Waals surface area contributed by atoms with Gasteiger partial charge in [-0.1, -0.05) is 29.8 Å². The van der Waals surface area contributed by atoms with Gasteiger partial charge in [-0.2, -0.15) is 0 Å². The predicted molar refractivity (Wildman–Crippen MR) is 79.9 cm³/mol. The second-order valence-corrected chi connectivity index (χ2v) is 5.63. The van der Waals surface area contributed by atoms with Gasteiger partial charge in [0.05, 0.1) is 6.61 Å². The third-order valence-electron chi connectivity index (χ3n) is 2.81. The standard InChI is InChI=1S/C14H21BrN2O2/c1-10(2)12-9-11(15)6-7-13(12)19-8-4-3-5-14(18)17-16/h6-7,9-10H,3-5,8,16H2,1-2H3,(H,17,18). The summed E-state index contributed by atoms with van der Waals surface area (Å²) in [6.45, 7) is 4.89. The molecule has 0 saturated heterocycles. The van der Waals surface area contributed by atoms with E-state index >= 15 is 0 Å². The van der Waals surface area contributed by atoms with Gasteiger partial charge in [-0.05, 0) is 42.5 Å². The van der Waals surface area contributed by atoms with Gasteiger partial charge in [0.2, 0.25) is 5.91 Å². The Morgan fingerprint density at radius 2 is 2.16 bits per heavy atom. The van der Waals surface area contributed by atoms with Gasteiger partial charge >= 0.3 is 0 Å². The van der Waals surface area contributed by atoms with E-state index in [0.29, 0.717) is 18.9 Å². The van der Waals surface area contributed by atoms with Crippen LogP contribution in [0.4, 0.5) is 0 Å². The van der Waals surface area contributed by atoms with E-state index in [1.165, 1.54) is 5.56 Å². The first kappa shape index (κ1) is 16.0. The number of benzene rings is 1. The molecule has 1 aromatic carbocycles. The van der Waals surface area contributed by atoms with Crippen molar-refractivity contribution in [1.82, 2.24) is 5.43 Å². The van der Waals surface area contributed by atoms with E-state index in [4.69, 9.17) is 10.6 Å². The molecule has 19 heavy (non-hydrogen) atoms. The molecule has 0 fully saturated rings. The van der Waals surface area contributed by atoms with Gasteiger partial charge < -0.3 is 4.74 Å². The summed E-state index contributed by atoms with van der Waals surface area (Å²) < 4.78 is 6.84. The number of hydrogen-bond acceptors (Lipinski definition) is 3. The van der Waals surface area contributed by atoms with Crippen LogP contribution in [-0.4, -0.2) is 12.5 Å². The summed E-state index contributed by atoms with van der Waals surface area (Å²) in [5.41, 5.74) is 3.31. The minimum absolute atomic E-state index is 0.133. The molecular formula is C14H21BrN2O2. The van der Waals surface area contributed by atoms with Crippen molar-refractivity contribution in [3.05, 3.63) is 28.2 Å². The van der Waals surface area contributed by atoms with E-state index in [0.717, 1.165) is 23.1 Å². The maximum Gasteiger partial charge on any atom is 0.233 e. The van der Waals surface area contributed by atoms with Gasteiger partial charge in [0, 0.05) is 10.9 Å². The molecule has 3 N–H and O–H groups in total. The lowest BCUT2D eigenvalue weighted by Gasteiger charge is -2.14. The van der Waals surface area contributed by atoms with Gasteiger partial charge in [0.15, 0.2) is 0 Å². The summed E-state index contributed by atoms with van der Waals surface area (Å²) in [5, 5.41) is 0. The van der Waals surface area contributed by atoms with Crippen LogP contribution in [0.1, 0.15) is 44.6 Å². The van der Waals surface area contributed by atoms with Crippen molar-refractivity contribution >= 4 is 21.8 Å². The Labute approximate surface area is 122 Å². The average molecular weight is 329 g/mol. The fraction of sp³-hybridized carbons (Fsp3) is 0.500. The smallest absolute Gasteiger partial charge is 0.233 e.